The Morgan fingerprint density at radius 1 is 1.19 bits per heavy atom. The largest absolute Gasteiger partial charge is 0.366 e. The molecule has 0 bridgehead atoms. The van der Waals surface area contributed by atoms with Gasteiger partial charge in [0.15, 0.2) is 0 Å². The molecule has 0 atom stereocenters. The van der Waals surface area contributed by atoms with E-state index in [1.807, 2.05) is 26.4 Å². The number of carbonyl (C=O) groups excluding carboxylic acids is 4. The van der Waals surface area contributed by atoms with Crippen molar-refractivity contribution in [1.82, 2.24) is 0 Å². The van der Waals surface area contributed by atoms with Crippen LogP contribution in [0.4, 0.5) is 0 Å². The molecule has 4 nitrogen and oxygen atoms in total. The van der Waals surface area contributed by atoms with Crippen LogP contribution in [0.5, 0.6) is 0 Å². The van der Waals surface area contributed by atoms with Gasteiger partial charge in [0, 0.05) is 17.1 Å². The van der Waals surface area contributed by atoms with Crippen molar-refractivity contribution in [3.05, 3.63) is 36.5 Å². The fourth-order valence-corrected chi connectivity index (χ4v) is 0.684. The van der Waals surface area contributed by atoms with E-state index in [0.29, 0.717) is 5.57 Å². The number of carbonyl (C=O) groups is 4. The van der Waals surface area contributed by atoms with Gasteiger partial charge >= 0.3 is 0 Å². The molecule has 1 rings (SSSR count). The van der Waals surface area contributed by atoms with Gasteiger partial charge in [-0.15, -0.1) is 12.7 Å². The summed E-state index contributed by atoms with van der Waals surface area (Å²) < 4.78 is 0. The molecule has 1 radical (unpaired) electrons. The van der Waals surface area contributed by atoms with Crippen molar-refractivity contribution in [2.24, 2.45) is 0 Å². The van der Waals surface area contributed by atoms with Gasteiger partial charge in [-0.2, -0.15) is 17.7 Å². The third kappa shape index (κ3) is 12.4. The van der Waals surface area contributed by atoms with Crippen LogP contribution >= 0.6 is 0 Å². The van der Waals surface area contributed by atoms with Crippen LogP contribution in [0.15, 0.2) is 30.4 Å². The predicted octanol–water partition coefficient (Wildman–Crippen LogP) is 0.874. The zero-order chi connectivity index (χ0) is 12.7. The van der Waals surface area contributed by atoms with E-state index < -0.39 is 0 Å². The van der Waals surface area contributed by atoms with Gasteiger partial charge in [0.05, 0.1) is 5.78 Å². The first kappa shape index (κ1) is 23.9. The average molecular weight is 264 g/mol. The molecule has 0 fully saturated rings. The monoisotopic (exact) mass is 264 g/mol. The molecule has 0 aromatic heterocycles. The van der Waals surface area contributed by atoms with Crippen LogP contribution < -0.4 is 0 Å². The third-order valence-corrected chi connectivity index (χ3v) is 1.15. The van der Waals surface area contributed by atoms with E-state index in [4.69, 9.17) is 14.4 Å². The minimum atomic E-state index is -0.0382. The van der Waals surface area contributed by atoms with Crippen molar-refractivity contribution in [1.29, 1.82) is 0 Å². The van der Waals surface area contributed by atoms with Crippen LogP contribution in [0.3, 0.4) is 0 Å². The smallest absolute Gasteiger partial charge is 0.106 e. The Morgan fingerprint density at radius 2 is 1.62 bits per heavy atom. The molecule has 0 amide bonds. The number of rotatable bonds is 2. The second-order valence-corrected chi connectivity index (χ2v) is 1.77. The van der Waals surface area contributed by atoms with Gasteiger partial charge in [-0.3, -0.25) is 0 Å². The van der Waals surface area contributed by atoms with Gasteiger partial charge in [-0.25, -0.2) is 0 Å². The Labute approximate surface area is 106 Å². The fourth-order valence-electron chi connectivity index (χ4n) is 0.684. The summed E-state index contributed by atoms with van der Waals surface area (Å²) in [5.41, 5.74) is 0.644. The molecule has 0 aromatic carbocycles. The molecule has 0 saturated heterocycles. The Morgan fingerprint density at radius 3 is 1.88 bits per heavy atom. The molecule has 1 aliphatic carbocycles. The van der Waals surface area contributed by atoms with Crippen LogP contribution in [0.2, 0.25) is 0 Å². The van der Waals surface area contributed by atoms with Crippen molar-refractivity contribution < 1.29 is 36.2 Å². The van der Waals surface area contributed by atoms with Crippen molar-refractivity contribution in [3.8, 4) is 0 Å². The fraction of sp³-hybridized carbons (Fsp3) is 0.0909. The molecule has 0 aliphatic heterocycles. The van der Waals surface area contributed by atoms with Gasteiger partial charge < -0.3 is 19.2 Å². The second-order valence-electron chi connectivity index (χ2n) is 1.77. The van der Waals surface area contributed by atoms with Crippen LogP contribution in [0.1, 0.15) is 6.42 Å². The van der Waals surface area contributed by atoms with Crippen molar-refractivity contribution in [2.75, 3.05) is 0 Å². The van der Waals surface area contributed by atoms with E-state index in [0.717, 1.165) is 6.42 Å². The Hall–Kier alpha value is -1.58. The summed E-state index contributed by atoms with van der Waals surface area (Å²) in [5.74, 6) is -0.0382. The van der Waals surface area contributed by atoms with E-state index in [1.54, 1.807) is 6.08 Å². The third-order valence-electron chi connectivity index (χ3n) is 1.15. The van der Waals surface area contributed by atoms with E-state index in [-0.39, 0.29) is 22.9 Å². The van der Waals surface area contributed by atoms with E-state index in [2.05, 4.69) is 12.7 Å². The molecule has 0 heterocycles. The van der Waals surface area contributed by atoms with Gasteiger partial charge in [-0.05, 0) is 0 Å². The predicted molar refractivity (Wildman–Crippen MR) is 57.1 cm³/mol. The normalized spacial score (nSPS) is 9.38. The van der Waals surface area contributed by atoms with Gasteiger partial charge in [0.2, 0.25) is 0 Å². The zero-order valence-electron chi connectivity index (χ0n) is 8.78. The molecule has 5 heteroatoms. The van der Waals surface area contributed by atoms with Crippen molar-refractivity contribution in [3.63, 3.8) is 0 Å². The quantitative estimate of drug-likeness (QED) is 0.421. The molecule has 0 spiro atoms. The Bertz CT molecular complexity index is 242. The Balaban J connectivity index is -0.0000000900. The minimum Gasteiger partial charge on any atom is -0.366 e. The molecule has 0 saturated carbocycles. The first-order valence-corrected chi connectivity index (χ1v) is 3.65. The number of hydrogen-bond donors (Lipinski definition) is 0. The topological polar surface area (TPSA) is 68.3 Å². The van der Waals surface area contributed by atoms with Gasteiger partial charge in [0.1, 0.15) is 20.4 Å². The van der Waals surface area contributed by atoms with Crippen molar-refractivity contribution in [2.45, 2.75) is 6.42 Å². The summed E-state index contributed by atoms with van der Waals surface area (Å²) in [7, 11) is 0. The summed E-state index contributed by atoms with van der Waals surface area (Å²) in [6.07, 6.45) is 8.62. The van der Waals surface area contributed by atoms with E-state index in [1.165, 1.54) is 6.08 Å². The number of ketones is 1. The van der Waals surface area contributed by atoms with Gasteiger partial charge in [0.25, 0.3) is 0 Å². The van der Waals surface area contributed by atoms with Crippen molar-refractivity contribution >= 4 is 26.2 Å². The number of hydrogen-bond acceptors (Lipinski definition) is 4. The number of allylic oxidation sites excluding steroid dienone is 5. The summed E-state index contributed by atoms with van der Waals surface area (Å²) >= 11 is 0. The standard InChI is InChI=1S/C8H7O.3CH2O.Mn/c1-2-8(9)7-5-3-4-6-7;3*1-2;/h2-3,5H,1,4H2;3*1H2;/q-1;;;;. The van der Waals surface area contributed by atoms with Crippen LogP contribution in [0, 0.1) is 6.08 Å². The minimum absolute atomic E-state index is 0. The maximum atomic E-state index is 10.7. The molecule has 0 aromatic rings. The first-order valence-electron chi connectivity index (χ1n) is 3.65. The molecular formula is C11H13MnO4-. The molecule has 89 valence electrons. The summed E-state index contributed by atoms with van der Waals surface area (Å²) in [6.45, 7) is 9.36. The summed E-state index contributed by atoms with van der Waals surface area (Å²) in [6, 6.07) is 0. The van der Waals surface area contributed by atoms with Crippen LogP contribution in [-0.2, 0) is 36.2 Å². The SMILES string of the molecule is C=CC(=O)C1=[C-]CC=C1.C=O.C=O.C=O.[Mn]. The molecular weight excluding hydrogens is 251 g/mol. The van der Waals surface area contributed by atoms with E-state index in [9.17, 15) is 4.79 Å². The molecule has 1 aliphatic rings. The Kier molecular flexibility index (Phi) is 34.9. The van der Waals surface area contributed by atoms with Crippen LogP contribution in [-0.4, -0.2) is 26.2 Å². The molecule has 16 heavy (non-hydrogen) atoms. The summed E-state index contributed by atoms with van der Waals surface area (Å²) in [5, 5.41) is 0. The van der Waals surface area contributed by atoms with E-state index >= 15 is 0 Å². The first-order chi connectivity index (χ1) is 7.34. The maximum Gasteiger partial charge on any atom is 0.106 e. The van der Waals surface area contributed by atoms with Crippen LogP contribution in [0.25, 0.3) is 0 Å². The van der Waals surface area contributed by atoms with Gasteiger partial charge in [-0.1, -0.05) is 12.5 Å². The average Bonchev–Trinajstić information content (AvgIpc) is 2.89. The maximum absolute atomic E-state index is 10.7. The molecule has 0 unspecified atom stereocenters. The molecule has 0 N–H and O–H groups in total. The second kappa shape index (κ2) is 23.3. The zero-order valence-corrected chi connectivity index (χ0v) is 9.96. The summed E-state index contributed by atoms with van der Waals surface area (Å²) in [4.78, 5) is 34.7.